The van der Waals surface area contributed by atoms with E-state index in [1.54, 1.807) is 6.08 Å². The van der Waals surface area contributed by atoms with E-state index in [2.05, 4.69) is 67.8 Å². The number of hydrogen-bond donors (Lipinski definition) is 3. The Kier molecular flexibility index (Phi) is 48.8. The van der Waals surface area contributed by atoms with Gasteiger partial charge in [0, 0.05) is 6.42 Å². The fourth-order valence-corrected chi connectivity index (χ4v) is 7.82. The predicted octanol–water partition coefficient (Wildman–Crippen LogP) is 16.9. The molecule has 0 aromatic rings. The van der Waals surface area contributed by atoms with E-state index in [0.717, 1.165) is 57.8 Å². The minimum Gasteiger partial charge on any atom is -0.394 e. The van der Waals surface area contributed by atoms with E-state index < -0.39 is 12.1 Å². The highest BCUT2D eigenvalue weighted by molar-refractivity contribution is 5.76. The first-order chi connectivity index (χ1) is 29.2. The quantitative estimate of drug-likeness (QED) is 0.0423. The van der Waals surface area contributed by atoms with Crippen molar-refractivity contribution in [3.8, 4) is 0 Å². The summed E-state index contributed by atoms with van der Waals surface area (Å²) in [5.41, 5.74) is 0. The molecule has 0 aromatic carbocycles. The SMILES string of the molecule is CC/C=C\C/C=C\C/C=C\C/C=C\CCCCC(=O)NC(CO)C(O)/C=C/CCCCCCCCCCCCCCCCCCCCCCCCCCCCCCCC. The Bertz CT molecular complexity index is 981. The minimum absolute atomic E-state index is 0.104. The van der Waals surface area contributed by atoms with Gasteiger partial charge < -0.3 is 15.5 Å². The van der Waals surface area contributed by atoms with Gasteiger partial charge in [0.15, 0.2) is 0 Å². The van der Waals surface area contributed by atoms with Gasteiger partial charge in [-0.25, -0.2) is 0 Å². The van der Waals surface area contributed by atoms with E-state index in [9.17, 15) is 15.0 Å². The molecule has 4 nitrogen and oxygen atoms in total. The summed E-state index contributed by atoms with van der Waals surface area (Å²) in [6.45, 7) is 4.19. The van der Waals surface area contributed by atoms with Crippen molar-refractivity contribution in [2.75, 3.05) is 6.61 Å². The highest BCUT2D eigenvalue weighted by Crippen LogP contribution is 2.17. The lowest BCUT2D eigenvalue weighted by molar-refractivity contribution is -0.123. The first-order valence-electron chi connectivity index (χ1n) is 26.0. The van der Waals surface area contributed by atoms with Crippen LogP contribution < -0.4 is 5.32 Å². The van der Waals surface area contributed by atoms with E-state index >= 15 is 0 Å². The number of hydrogen-bond acceptors (Lipinski definition) is 3. The van der Waals surface area contributed by atoms with Gasteiger partial charge in [-0.15, -0.1) is 0 Å². The van der Waals surface area contributed by atoms with Gasteiger partial charge in [0.25, 0.3) is 0 Å². The third-order valence-electron chi connectivity index (χ3n) is 11.8. The van der Waals surface area contributed by atoms with Crippen molar-refractivity contribution >= 4 is 5.91 Å². The van der Waals surface area contributed by atoms with Crippen LogP contribution in [0.2, 0.25) is 0 Å². The summed E-state index contributed by atoms with van der Waals surface area (Å²) in [6, 6.07) is -0.647. The summed E-state index contributed by atoms with van der Waals surface area (Å²) in [7, 11) is 0. The first-order valence-corrected chi connectivity index (χ1v) is 26.0. The van der Waals surface area contributed by atoms with E-state index in [-0.39, 0.29) is 12.5 Å². The molecule has 2 unspecified atom stereocenters. The number of carbonyl (C=O) groups excluding carboxylic acids is 1. The molecule has 3 N–H and O–H groups in total. The monoisotopic (exact) mass is 824 g/mol. The molecule has 0 aromatic heterocycles. The van der Waals surface area contributed by atoms with Crippen LogP contribution in [0.15, 0.2) is 60.8 Å². The van der Waals surface area contributed by atoms with E-state index in [0.29, 0.717) is 6.42 Å². The number of aliphatic hydroxyl groups excluding tert-OH is 2. The van der Waals surface area contributed by atoms with Crippen molar-refractivity contribution in [1.29, 1.82) is 0 Å². The van der Waals surface area contributed by atoms with Crippen LogP contribution in [0.5, 0.6) is 0 Å². The van der Waals surface area contributed by atoms with Gasteiger partial charge in [0.2, 0.25) is 5.91 Å². The maximum absolute atomic E-state index is 12.4. The summed E-state index contributed by atoms with van der Waals surface area (Å²) in [4.78, 5) is 12.4. The van der Waals surface area contributed by atoms with Crippen LogP contribution >= 0.6 is 0 Å². The Morgan fingerprint density at radius 2 is 0.746 bits per heavy atom. The molecule has 0 heterocycles. The Morgan fingerprint density at radius 1 is 0.424 bits per heavy atom. The van der Waals surface area contributed by atoms with Crippen LogP contribution in [0.1, 0.15) is 264 Å². The second-order valence-electron chi connectivity index (χ2n) is 17.6. The zero-order valence-corrected chi connectivity index (χ0v) is 39.5. The fraction of sp³-hybridized carbons (Fsp3) is 0.800. The van der Waals surface area contributed by atoms with Crippen LogP contribution in [0.3, 0.4) is 0 Å². The lowest BCUT2D eigenvalue weighted by atomic mass is 10.0. The number of aliphatic hydroxyl groups is 2. The molecule has 344 valence electrons. The molecule has 0 aliphatic carbocycles. The molecule has 0 fully saturated rings. The standard InChI is InChI=1S/C55H101NO3/c1-3-5-7-9-11-13-15-17-19-20-21-22-23-24-25-26-27-28-29-30-31-32-33-34-35-37-38-40-42-44-46-48-50-54(58)53(52-57)56-55(59)51-49-47-45-43-41-39-36-18-16-14-12-10-8-6-4-2/h6,8,12,14,18,36,41,43,48,50,53-54,57-58H,3-5,7,9-11,13,15-17,19-35,37-40,42,44-47,49,51-52H2,1-2H3,(H,56,59)/b8-6-,14-12-,36-18-,43-41-,50-48+. The Balaban J connectivity index is 3.49. The summed E-state index contributed by atoms with van der Waals surface area (Å²) in [6.07, 6.45) is 71.0. The molecule has 0 aliphatic rings. The van der Waals surface area contributed by atoms with Crippen molar-refractivity contribution in [1.82, 2.24) is 5.32 Å². The molecule has 0 aliphatic heterocycles. The van der Waals surface area contributed by atoms with Crippen molar-refractivity contribution in [3.63, 3.8) is 0 Å². The predicted molar refractivity (Wildman–Crippen MR) is 262 cm³/mol. The highest BCUT2D eigenvalue weighted by Gasteiger charge is 2.17. The minimum atomic E-state index is -0.859. The largest absolute Gasteiger partial charge is 0.394 e. The van der Waals surface area contributed by atoms with E-state index in [1.807, 2.05) is 6.08 Å². The van der Waals surface area contributed by atoms with Gasteiger partial charge in [-0.2, -0.15) is 0 Å². The van der Waals surface area contributed by atoms with Crippen molar-refractivity contribution in [2.45, 2.75) is 276 Å². The third kappa shape index (κ3) is 47.0. The molecule has 0 spiro atoms. The van der Waals surface area contributed by atoms with Crippen molar-refractivity contribution in [2.24, 2.45) is 0 Å². The lowest BCUT2D eigenvalue weighted by Crippen LogP contribution is -2.45. The molecule has 0 radical (unpaired) electrons. The number of rotatable bonds is 47. The molecule has 2 atom stereocenters. The average molecular weight is 824 g/mol. The fourth-order valence-electron chi connectivity index (χ4n) is 7.82. The molecule has 0 rings (SSSR count). The third-order valence-corrected chi connectivity index (χ3v) is 11.8. The zero-order valence-electron chi connectivity index (χ0n) is 39.5. The molecule has 59 heavy (non-hydrogen) atoms. The van der Waals surface area contributed by atoms with Gasteiger partial charge in [-0.1, -0.05) is 261 Å². The van der Waals surface area contributed by atoms with Gasteiger partial charge in [-0.05, 0) is 57.8 Å². The number of allylic oxidation sites excluding steroid dienone is 9. The summed E-state index contributed by atoms with van der Waals surface area (Å²) < 4.78 is 0. The van der Waals surface area contributed by atoms with Gasteiger partial charge in [0.1, 0.15) is 0 Å². The van der Waals surface area contributed by atoms with Crippen LogP contribution in [0.4, 0.5) is 0 Å². The molecule has 0 saturated carbocycles. The normalized spacial score (nSPS) is 13.4. The zero-order chi connectivity index (χ0) is 42.8. The second-order valence-corrected chi connectivity index (χ2v) is 17.6. The number of carbonyl (C=O) groups is 1. The van der Waals surface area contributed by atoms with Crippen LogP contribution in [-0.2, 0) is 4.79 Å². The highest BCUT2D eigenvalue weighted by atomic mass is 16.3. The molecule has 0 bridgehead atoms. The van der Waals surface area contributed by atoms with Crippen LogP contribution in [0.25, 0.3) is 0 Å². The maximum atomic E-state index is 12.4. The second kappa shape index (κ2) is 50.4. The number of amides is 1. The van der Waals surface area contributed by atoms with Gasteiger partial charge in [-0.3, -0.25) is 4.79 Å². The summed E-state index contributed by atoms with van der Waals surface area (Å²) in [5.74, 6) is -0.104. The Hall–Kier alpha value is -1.91. The number of nitrogens with one attached hydrogen (secondary N) is 1. The van der Waals surface area contributed by atoms with Crippen molar-refractivity contribution in [3.05, 3.63) is 60.8 Å². The maximum Gasteiger partial charge on any atom is 0.220 e. The van der Waals surface area contributed by atoms with E-state index in [1.165, 1.54) is 186 Å². The number of unbranched alkanes of at least 4 members (excludes halogenated alkanes) is 32. The van der Waals surface area contributed by atoms with Gasteiger partial charge in [0.05, 0.1) is 18.8 Å². The van der Waals surface area contributed by atoms with Crippen molar-refractivity contribution < 1.29 is 15.0 Å². The lowest BCUT2D eigenvalue weighted by Gasteiger charge is -2.19. The van der Waals surface area contributed by atoms with Gasteiger partial charge >= 0.3 is 0 Å². The molecule has 1 amide bonds. The molecular weight excluding hydrogens is 723 g/mol. The van der Waals surface area contributed by atoms with Crippen LogP contribution in [0, 0.1) is 0 Å². The molecule has 0 saturated heterocycles. The molecule has 4 heteroatoms. The smallest absolute Gasteiger partial charge is 0.220 e. The van der Waals surface area contributed by atoms with E-state index in [4.69, 9.17) is 0 Å². The first kappa shape index (κ1) is 57.1. The summed E-state index contributed by atoms with van der Waals surface area (Å²) >= 11 is 0. The Morgan fingerprint density at radius 3 is 1.12 bits per heavy atom. The summed E-state index contributed by atoms with van der Waals surface area (Å²) in [5, 5.41) is 23.0. The Labute approximate surface area is 368 Å². The molecular formula is C55H101NO3. The topological polar surface area (TPSA) is 69.6 Å². The van der Waals surface area contributed by atoms with Crippen LogP contribution in [-0.4, -0.2) is 34.9 Å². The average Bonchev–Trinajstić information content (AvgIpc) is 3.24.